The summed E-state index contributed by atoms with van der Waals surface area (Å²) in [5, 5.41) is 10.0. The Kier molecular flexibility index (Phi) is 8.27. The average molecular weight is 611 g/mol. The van der Waals surface area contributed by atoms with Crippen LogP contribution in [0.15, 0.2) is 101 Å². The lowest BCUT2D eigenvalue weighted by Gasteiger charge is -2.27. The van der Waals surface area contributed by atoms with Gasteiger partial charge < -0.3 is 24.7 Å². The number of hydrogen-bond donors (Lipinski definition) is 1. The molecule has 1 atom stereocenters. The number of hydrogen-bond acceptors (Lipinski definition) is 7. The lowest BCUT2D eigenvalue weighted by molar-refractivity contribution is 0.0733. The fourth-order valence-electron chi connectivity index (χ4n) is 4.57. The van der Waals surface area contributed by atoms with E-state index in [-0.39, 0.29) is 17.2 Å². The molecule has 0 radical (unpaired) electrons. The second-order valence-electron chi connectivity index (χ2n) is 9.41. The van der Waals surface area contributed by atoms with E-state index in [9.17, 15) is 10.1 Å². The minimum Gasteiger partial charge on any atom is -0.490 e. The number of carbonyl (C=O) groups is 1. The second kappa shape index (κ2) is 12.2. The van der Waals surface area contributed by atoms with Gasteiger partial charge in [0.05, 0.1) is 18.1 Å². The highest BCUT2D eigenvalue weighted by Crippen LogP contribution is 2.45. The van der Waals surface area contributed by atoms with E-state index in [4.69, 9.17) is 24.7 Å². The number of nitrogens with zero attached hydrogens (tertiary/aromatic N) is 1. The van der Waals surface area contributed by atoms with Gasteiger partial charge in [-0.25, -0.2) is 4.79 Å². The van der Waals surface area contributed by atoms with E-state index in [2.05, 4.69) is 22.0 Å². The van der Waals surface area contributed by atoms with Crippen molar-refractivity contribution in [2.45, 2.75) is 26.4 Å². The number of ether oxygens (including phenoxy) is 4. The summed E-state index contributed by atoms with van der Waals surface area (Å²) < 4.78 is 24.1. The van der Waals surface area contributed by atoms with Gasteiger partial charge in [-0.2, -0.15) is 5.26 Å². The molecule has 0 saturated carbocycles. The van der Waals surface area contributed by atoms with Crippen molar-refractivity contribution < 1.29 is 23.7 Å². The SMILES string of the molecule is CCOc1cc(C2C(C#N)=C(N)Oc3cc(OC(=O)c4ccccc4Br)ccc32)ccc1OCc1ccc(C)cc1. The first-order chi connectivity index (χ1) is 19.9. The van der Waals surface area contributed by atoms with Gasteiger partial charge in [0.1, 0.15) is 29.7 Å². The number of fused-ring (bicyclic) bond motifs is 1. The first kappa shape index (κ1) is 27.8. The zero-order chi connectivity index (χ0) is 28.9. The number of rotatable bonds is 8. The lowest BCUT2D eigenvalue weighted by Crippen LogP contribution is -2.21. The van der Waals surface area contributed by atoms with Gasteiger partial charge in [0, 0.05) is 16.1 Å². The molecule has 0 fully saturated rings. The normalized spacial score (nSPS) is 14.0. The van der Waals surface area contributed by atoms with Crippen LogP contribution in [0.4, 0.5) is 0 Å². The Hall–Kier alpha value is -4.74. The van der Waals surface area contributed by atoms with Crippen LogP contribution in [-0.2, 0) is 6.61 Å². The standard InChI is InChI=1S/C33H27BrN2O5/c1-3-38-30-16-22(12-15-28(30)39-19-21-10-8-20(2)9-11-21)31-25-14-13-23(17-29(25)41-32(36)26(31)18-35)40-33(37)24-6-4-5-7-27(24)34/h4-17,31H,3,19,36H2,1-2H3. The van der Waals surface area contributed by atoms with Crippen molar-refractivity contribution >= 4 is 21.9 Å². The van der Waals surface area contributed by atoms with Crippen LogP contribution in [-0.4, -0.2) is 12.6 Å². The predicted molar refractivity (Wildman–Crippen MR) is 158 cm³/mol. The molecule has 4 aromatic rings. The summed E-state index contributed by atoms with van der Waals surface area (Å²) in [5.41, 5.74) is 10.6. The number of halogens is 1. The molecule has 2 N–H and O–H groups in total. The summed E-state index contributed by atoms with van der Waals surface area (Å²) in [6.07, 6.45) is 0. The van der Waals surface area contributed by atoms with Gasteiger partial charge in [-0.3, -0.25) is 0 Å². The van der Waals surface area contributed by atoms with Crippen molar-refractivity contribution in [1.82, 2.24) is 0 Å². The molecule has 0 bridgehead atoms. The summed E-state index contributed by atoms with van der Waals surface area (Å²) in [4.78, 5) is 12.7. The van der Waals surface area contributed by atoms with Crippen molar-refractivity contribution in [1.29, 1.82) is 5.26 Å². The van der Waals surface area contributed by atoms with Crippen molar-refractivity contribution in [2.75, 3.05) is 6.61 Å². The molecular formula is C33H27BrN2O5. The van der Waals surface area contributed by atoms with Crippen LogP contribution in [0, 0.1) is 18.3 Å². The van der Waals surface area contributed by atoms with Gasteiger partial charge in [0.25, 0.3) is 0 Å². The van der Waals surface area contributed by atoms with Crippen molar-refractivity contribution in [2.24, 2.45) is 5.73 Å². The molecule has 0 saturated heterocycles. The Balaban J connectivity index is 1.45. The number of nitriles is 1. The minimum absolute atomic E-state index is 0.0167. The van der Waals surface area contributed by atoms with Gasteiger partial charge in [-0.1, -0.05) is 54.1 Å². The highest BCUT2D eigenvalue weighted by molar-refractivity contribution is 9.10. The lowest BCUT2D eigenvalue weighted by atomic mass is 9.83. The molecule has 0 spiro atoms. The zero-order valence-corrected chi connectivity index (χ0v) is 24.1. The third-order valence-electron chi connectivity index (χ3n) is 6.61. The van der Waals surface area contributed by atoms with E-state index in [1.807, 2.05) is 62.4 Å². The molecule has 206 valence electrons. The average Bonchev–Trinajstić information content (AvgIpc) is 2.97. The summed E-state index contributed by atoms with van der Waals surface area (Å²) in [6, 6.07) is 28.0. The van der Waals surface area contributed by atoms with Gasteiger partial charge in [0.2, 0.25) is 5.88 Å². The molecule has 1 heterocycles. The van der Waals surface area contributed by atoms with E-state index in [0.717, 1.165) is 11.1 Å². The first-order valence-electron chi connectivity index (χ1n) is 13.0. The summed E-state index contributed by atoms with van der Waals surface area (Å²) in [7, 11) is 0. The van der Waals surface area contributed by atoms with E-state index in [0.29, 0.717) is 46.1 Å². The fourth-order valence-corrected chi connectivity index (χ4v) is 5.01. The monoisotopic (exact) mass is 610 g/mol. The molecule has 41 heavy (non-hydrogen) atoms. The molecule has 0 aliphatic carbocycles. The van der Waals surface area contributed by atoms with Crippen LogP contribution in [0.5, 0.6) is 23.0 Å². The van der Waals surface area contributed by atoms with Crippen molar-refractivity contribution in [3.8, 4) is 29.1 Å². The Morgan fingerprint density at radius 2 is 1.78 bits per heavy atom. The van der Waals surface area contributed by atoms with Crippen LogP contribution in [0.1, 0.15) is 45.5 Å². The van der Waals surface area contributed by atoms with Crippen molar-refractivity contribution in [3.05, 3.63) is 129 Å². The number of benzene rings is 4. The largest absolute Gasteiger partial charge is 0.490 e. The minimum atomic E-state index is -0.526. The van der Waals surface area contributed by atoms with Gasteiger partial charge in [-0.15, -0.1) is 0 Å². The molecule has 1 unspecified atom stereocenters. The summed E-state index contributed by atoms with van der Waals surface area (Å²) in [6.45, 7) is 4.76. The maximum atomic E-state index is 12.7. The number of aryl methyl sites for hydroxylation is 1. The number of esters is 1. The zero-order valence-electron chi connectivity index (χ0n) is 22.5. The molecule has 1 aliphatic rings. The smallest absolute Gasteiger partial charge is 0.344 e. The summed E-state index contributed by atoms with van der Waals surface area (Å²) in [5.74, 6) is 0.758. The first-order valence-corrected chi connectivity index (χ1v) is 13.8. The third kappa shape index (κ3) is 6.06. The highest BCUT2D eigenvalue weighted by atomic mass is 79.9. The Morgan fingerprint density at radius 1 is 1.00 bits per heavy atom. The van der Waals surface area contributed by atoms with Gasteiger partial charge in [-0.05, 0) is 71.2 Å². The van der Waals surface area contributed by atoms with Crippen LogP contribution < -0.4 is 24.7 Å². The molecular weight excluding hydrogens is 584 g/mol. The predicted octanol–water partition coefficient (Wildman–Crippen LogP) is 7.17. The van der Waals surface area contributed by atoms with Gasteiger partial charge >= 0.3 is 5.97 Å². The van der Waals surface area contributed by atoms with E-state index >= 15 is 0 Å². The number of nitrogens with two attached hydrogens (primary N) is 1. The highest BCUT2D eigenvalue weighted by Gasteiger charge is 2.32. The second-order valence-corrected chi connectivity index (χ2v) is 10.3. The van der Waals surface area contributed by atoms with E-state index in [1.54, 1.807) is 36.4 Å². The third-order valence-corrected chi connectivity index (χ3v) is 7.30. The van der Waals surface area contributed by atoms with Crippen LogP contribution in [0.3, 0.4) is 0 Å². The Bertz CT molecular complexity index is 1670. The molecule has 8 heteroatoms. The molecule has 1 aliphatic heterocycles. The fraction of sp³-hybridized carbons (Fsp3) is 0.152. The van der Waals surface area contributed by atoms with Crippen molar-refractivity contribution in [3.63, 3.8) is 0 Å². The topological polar surface area (TPSA) is 104 Å². The van der Waals surface area contributed by atoms with E-state index in [1.165, 1.54) is 5.56 Å². The maximum absolute atomic E-state index is 12.7. The molecule has 7 nitrogen and oxygen atoms in total. The maximum Gasteiger partial charge on any atom is 0.344 e. The van der Waals surface area contributed by atoms with Crippen LogP contribution in [0.2, 0.25) is 0 Å². The van der Waals surface area contributed by atoms with E-state index < -0.39 is 11.9 Å². The molecule has 0 aromatic heterocycles. The molecule has 4 aromatic carbocycles. The Labute approximate surface area is 246 Å². The quantitative estimate of drug-likeness (QED) is 0.166. The number of allylic oxidation sites excluding steroid dienone is 1. The summed E-state index contributed by atoms with van der Waals surface area (Å²) >= 11 is 3.37. The molecule has 0 amide bonds. The van der Waals surface area contributed by atoms with Crippen LogP contribution >= 0.6 is 15.9 Å². The molecule has 5 rings (SSSR count). The Morgan fingerprint density at radius 3 is 2.51 bits per heavy atom. The number of carbonyl (C=O) groups excluding carboxylic acids is 1. The van der Waals surface area contributed by atoms with Crippen LogP contribution in [0.25, 0.3) is 0 Å². The van der Waals surface area contributed by atoms with Gasteiger partial charge in [0.15, 0.2) is 11.5 Å².